The summed E-state index contributed by atoms with van der Waals surface area (Å²) in [5.41, 5.74) is 1.22. The van der Waals surface area contributed by atoms with Crippen LogP contribution in [0.5, 0.6) is 0 Å². The normalized spacial score (nSPS) is 11.0. The van der Waals surface area contributed by atoms with Crippen LogP contribution in [0.4, 0.5) is 13.2 Å². The van der Waals surface area contributed by atoms with Crippen molar-refractivity contribution in [2.24, 2.45) is 4.99 Å². The Kier molecular flexibility index (Phi) is 11.1. The average Bonchev–Trinajstić information content (AvgIpc) is 2.74. The van der Waals surface area contributed by atoms with E-state index < -0.39 is 11.7 Å². The van der Waals surface area contributed by atoms with Gasteiger partial charge in [-0.25, -0.2) is 0 Å². The van der Waals surface area contributed by atoms with E-state index in [1.165, 1.54) is 17.0 Å². The van der Waals surface area contributed by atoms with Gasteiger partial charge in [0, 0.05) is 38.8 Å². The van der Waals surface area contributed by atoms with Gasteiger partial charge in [0.25, 0.3) is 5.91 Å². The first-order chi connectivity index (χ1) is 14.7. The topological polar surface area (TPSA) is 56.7 Å². The molecule has 1 amide bonds. The molecule has 0 radical (unpaired) electrons. The minimum absolute atomic E-state index is 0. The lowest BCUT2D eigenvalue weighted by atomic mass is 10.1. The number of rotatable bonds is 5. The van der Waals surface area contributed by atoms with Crippen molar-refractivity contribution in [3.05, 3.63) is 70.8 Å². The van der Waals surface area contributed by atoms with Gasteiger partial charge in [-0.3, -0.25) is 9.79 Å². The number of hydrogen-bond donors (Lipinski definition) is 2. The van der Waals surface area contributed by atoms with Crippen molar-refractivity contribution in [3.8, 4) is 11.8 Å². The lowest BCUT2D eigenvalue weighted by Gasteiger charge is -2.12. The molecule has 0 atom stereocenters. The number of guanidine groups is 1. The zero-order chi connectivity index (χ0) is 22.9. The van der Waals surface area contributed by atoms with Crippen LogP contribution in [0, 0.1) is 11.8 Å². The largest absolute Gasteiger partial charge is 0.416 e. The molecule has 2 aromatic carbocycles. The van der Waals surface area contributed by atoms with Gasteiger partial charge in [0.15, 0.2) is 5.96 Å². The molecule has 2 rings (SSSR count). The zero-order valence-electron chi connectivity index (χ0n) is 18.1. The van der Waals surface area contributed by atoms with E-state index in [0.717, 1.165) is 17.7 Å². The number of carbonyl (C=O) groups excluding carboxylic acids is 1. The van der Waals surface area contributed by atoms with Gasteiger partial charge in [0.05, 0.1) is 12.1 Å². The number of halogens is 4. The second kappa shape index (κ2) is 13.0. The number of alkyl halides is 3. The predicted octanol–water partition coefficient (Wildman–Crippen LogP) is 3.78. The van der Waals surface area contributed by atoms with E-state index >= 15 is 0 Å². The summed E-state index contributed by atoms with van der Waals surface area (Å²) in [5.74, 6) is 5.98. The molecule has 172 valence electrons. The molecule has 32 heavy (non-hydrogen) atoms. The molecule has 0 aromatic heterocycles. The Morgan fingerprint density at radius 1 is 1.09 bits per heavy atom. The third-order valence-corrected chi connectivity index (χ3v) is 4.28. The fraction of sp³-hybridized carbons (Fsp3) is 0.304. The lowest BCUT2D eigenvalue weighted by molar-refractivity contribution is -0.137. The lowest BCUT2D eigenvalue weighted by Crippen LogP contribution is -2.38. The predicted molar refractivity (Wildman–Crippen MR) is 131 cm³/mol. The molecule has 0 aliphatic heterocycles. The zero-order valence-corrected chi connectivity index (χ0v) is 20.4. The van der Waals surface area contributed by atoms with Crippen molar-refractivity contribution in [1.29, 1.82) is 0 Å². The van der Waals surface area contributed by atoms with Crippen molar-refractivity contribution in [3.63, 3.8) is 0 Å². The van der Waals surface area contributed by atoms with Crippen LogP contribution in [-0.2, 0) is 12.6 Å². The molecule has 0 aliphatic rings. The van der Waals surface area contributed by atoms with E-state index in [1.54, 1.807) is 27.2 Å². The number of carbonyl (C=O) groups is 1. The van der Waals surface area contributed by atoms with Gasteiger partial charge in [0.1, 0.15) is 0 Å². The molecular weight excluding hydrogens is 532 g/mol. The van der Waals surface area contributed by atoms with E-state index in [0.29, 0.717) is 30.1 Å². The first-order valence-electron chi connectivity index (χ1n) is 9.62. The maximum Gasteiger partial charge on any atom is 0.416 e. The molecule has 0 bridgehead atoms. The average molecular weight is 558 g/mol. The molecule has 9 heteroatoms. The van der Waals surface area contributed by atoms with Crippen LogP contribution in [-0.4, -0.2) is 51.0 Å². The van der Waals surface area contributed by atoms with Gasteiger partial charge in [-0.15, -0.1) is 24.0 Å². The summed E-state index contributed by atoms with van der Waals surface area (Å²) in [6, 6.07) is 12.3. The Labute approximate surface area is 203 Å². The van der Waals surface area contributed by atoms with Gasteiger partial charge in [-0.05, 0) is 42.3 Å². The smallest absolute Gasteiger partial charge is 0.356 e. The SMILES string of the molecule is CN=C(NCC#Cc1cccc(C(F)(F)F)c1)NCCc1cccc(C(=O)N(C)C)c1.I. The quantitative estimate of drug-likeness (QED) is 0.254. The Balaban J connectivity index is 0.00000512. The van der Waals surface area contributed by atoms with Crippen molar-refractivity contribution in [2.75, 3.05) is 34.2 Å². The minimum atomic E-state index is -4.39. The van der Waals surface area contributed by atoms with Crippen molar-refractivity contribution in [2.45, 2.75) is 12.6 Å². The van der Waals surface area contributed by atoms with Gasteiger partial charge in [-0.1, -0.05) is 30.0 Å². The third kappa shape index (κ3) is 8.78. The maximum absolute atomic E-state index is 12.7. The van der Waals surface area contributed by atoms with Crippen LogP contribution >= 0.6 is 24.0 Å². The Bertz CT molecular complexity index is 994. The molecule has 0 fully saturated rings. The monoisotopic (exact) mass is 558 g/mol. The molecule has 0 unspecified atom stereocenters. The van der Waals surface area contributed by atoms with Crippen LogP contribution < -0.4 is 10.6 Å². The van der Waals surface area contributed by atoms with Gasteiger partial charge < -0.3 is 15.5 Å². The van der Waals surface area contributed by atoms with E-state index in [4.69, 9.17) is 0 Å². The summed E-state index contributed by atoms with van der Waals surface area (Å²) in [7, 11) is 5.04. The molecule has 5 nitrogen and oxygen atoms in total. The standard InChI is InChI=1S/C23H25F3N4O.HI/c1-27-22(28-13-6-9-17-8-5-11-20(16-17)23(24,25)26)29-14-12-18-7-4-10-19(15-18)21(31)30(2)3;/h4-5,7-8,10-11,15-16H,12-14H2,1-3H3,(H2,27,28,29);1H. The Hall–Kier alpha value is -2.74. The number of nitrogens with zero attached hydrogens (tertiary/aromatic N) is 2. The summed E-state index contributed by atoms with van der Waals surface area (Å²) in [4.78, 5) is 17.7. The number of aliphatic imine (C=N–C) groups is 1. The minimum Gasteiger partial charge on any atom is -0.356 e. The molecule has 0 spiro atoms. The van der Waals surface area contributed by atoms with Crippen LogP contribution in [0.25, 0.3) is 0 Å². The van der Waals surface area contributed by atoms with Crippen LogP contribution in [0.2, 0.25) is 0 Å². The summed E-state index contributed by atoms with van der Waals surface area (Å²) in [6.07, 6.45) is -3.70. The second-order valence-electron chi connectivity index (χ2n) is 6.88. The van der Waals surface area contributed by atoms with E-state index in [-0.39, 0.29) is 36.4 Å². The number of hydrogen-bond acceptors (Lipinski definition) is 2. The van der Waals surface area contributed by atoms with Crippen molar-refractivity contribution < 1.29 is 18.0 Å². The van der Waals surface area contributed by atoms with Gasteiger partial charge >= 0.3 is 6.18 Å². The van der Waals surface area contributed by atoms with Gasteiger partial charge in [0.2, 0.25) is 0 Å². The maximum atomic E-state index is 12.7. The molecule has 0 aliphatic carbocycles. The number of amides is 1. The van der Waals surface area contributed by atoms with Crippen molar-refractivity contribution >= 4 is 35.8 Å². The van der Waals surface area contributed by atoms with E-state index in [9.17, 15) is 18.0 Å². The molecule has 0 saturated carbocycles. The highest BCUT2D eigenvalue weighted by molar-refractivity contribution is 14.0. The van der Waals surface area contributed by atoms with Crippen molar-refractivity contribution in [1.82, 2.24) is 15.5 Å². The number of nitrogens with one attached hydrogen (secondary N) is 2. The molecule has 2 N–H and O–H groups in total. The first-order valence-corrected chi connectivity index (χ1v) is 9.62. The summed E-state index contributed by atoms with van der Waals surface area (Å²) in [5, 5.41) is 6.14. The Morgan fingerprint density at radius 2 is 1.81 bits per heavy atom. The first kappa shape index (κ1) is 27.3. The summed E-state index contributed by atoms with van der Waals surface area (Å²) < 4.78 is 38.2. The fourth-order valence-electron chi connectivity index (χ4n) is 2.71. The highest BCUT2D eigenvalue weighted by Crippen LogP contribution is 2.29. The van der Waals surface area contributed by atoms with E-state index in [2.05, 4.69) is 27.5 Å². The molecule has 0 saturated heterocycles. The highest BCUT2D eigenvalue weighted by Gasteiger charge is 2.30. The molecular formula is C23H26F3IN4O. The summed E-state index contributed by atoms with van der Waals surface area (Å²) in [6.45, 7) is 0.809. The molecule has 0 heterocycles. The highest BCUT2D eigenvalue weighted by atomic mass is 127. The summed E-state index contributed by atoms with van der Waals surface area (Å²) >= 11 is 0. The number of benzene rings is 2. The van der Waals surface area contributed by atoms with Gasteiger partial charge in [-0.2, -0.15) is 13.2 Å². The third-order valence-electron chi connectivity index (χ3n) is 4.28. The van der Waals surface area contributed by atoms with Crippen LogP contribution in [0.1, 0.15) is 27.0 Å². The van der Waals surface area contributed by atoms with Crippen LogP contribution in [0.15, 0.2) is 53.5 Å². The second-order valence-corrected chi connectivity index (χ2v) is 6.88. The molecule has 2 aromatic rings. The fourth-order valence-corrected chi connectivity index (χ4v) is 2.71. The van der Waals surface area contributed by atoms with Crippen LogP contribution in [0.3, 0.4) is 0 Å². The Morgan fingerprint density at radius 3 is 2.47 bits per heavy atom. The van der Waals surface area contributed by atoms with E-state index in [1.807, 2.05) is 18.2 Å².